The molecule has 0 radical (unpaired) electrons. The van der Waals surface area contributed by atoms with Gasteiger partial charge in [-0.25, -0.2) is 4.79 Å². The number of benzene rings is 2. The van der Waals surface area contributed by atoms with Crippen molar-refractivity contribution in [1.29, 1.82) is 0 Å². The van der Waals surface area contributed by atoms with E-state index in [1.165, 1.54) is 0 Å². The summed E-state index contributed by atoms with van der Waals surface area (Å²) in [4.78, 5) is 39.2. The van der Waals surface area contributed by atoms with Gasteiger partial charge in [-0.2, -0.15) is 0 Å². The van der Waals surface area contributed by atoms with Crippen LogP contribution < -0.4 is 5.32 Å². The number of rotatable bonds is 5. The summed E-state index contributed by atoms with van der Waals surface area (Å²) >= 11 is 6.17. The fourth-order valence-corrected chi connectivity index (χ4v) is 3.01. The van der Waals surface area contributed by atoms with E-state index in [1.54, 1.807) is 42.3 Å². The molecule has 0 aliphatic carbocycles. The van der Waals surface area contributed by atoms with Gasteiger partial charge in [0.1, 0.15) is 0 Å². The molecule has 0 spiro atoms. The summed E-state index contributed by atoms with van der Waals surface area (Å²) < 4.78 is 0. The van der Waals surface area contributed by atoms with Crippen molar-refractivity contribution in [2.24, 2.45) is 0 Å². The van der Waals surface area contributed by atoms with Gasteiger partial charge in [0.15, 0.2) is 0 Å². The van der Waals surface area contributed by atoms with Crippen molar-refractivity contribution in [2.45, 2.75) is 13.1 Å². The van der Waals surface area contributed by atoms with E-state index in [0.717, 1.165) is 10.5 Å². The van der Waals surface area contributed by atoms with Gasteiger partial charge in [-0.1, -0.05) is 48.0 Å². The summed E-state index contributed by atoms with van der Waals surface area (Å²) in [7, 11) is 1.69. The fourth-order valence-electron chi connectivity index (χ4n) is 2.81. The topological polar surface area (TPSA) is 69.7 Å². The SMILES string of the molecule is CN(Cc1ccccc1Cl)C(=O)c1ccccc1CN1C(=O)CNC1=O. The Hall–Kier alpha value is -2.86. The van der Waals surface area contributed by atoms with Crippen molar-refractivity contribution in [3.05, 3.63) is 70.2 Å². The molecule has 4 amide bonds. The zero-order valence-electron chi connectivity index (χ0n) is 14.2. The number of nitrogens with zero attached hydrogens (tertiary/aromatic N) is 2. The van der Waals surface area contributed by atoms with Crippen LogP contribution >= 0.6 is 11.6 Å². The maximum Gasteiger partial charge on any atom is 0.324 e. The van der Waals surface area contributed by atoms with Gasteiger partial charge in [-0.3, -0.25) is 14.5 Å². The molecule has 0 unspecified atom stereocenters. The average molecular weight is 372 g/mol. The lowest BCUT2D eigenvalue weighted by Crippen LogP contribution is -2.32. The lowest BCUT2D eigenvalue weighted by molar-refractivity contribution is -0.125. The molecule has 2 aromatic rings. The molecule has 0 saturated carbocycles. The summed E-state index contributed by atoms with van der Waals surface area (Å²) in [6.07, 6.45) is 0. The van der Waals surface area contributed by atoms with Gasteiger partial charge < -0.3 is 10.2 Å². The van der Waals surface area contributed by atoms with Crippen LogP contribution in [0.4, 0.5) is 4.79 Å². The molecule has 1 fully saturated rings. The van der Waals surface area contributed by atoms with Gasteiger partial charge >= 0.3 is 6.03 Å². The highest BCUT2D eigenvalue weighted by Gasteiger charge is 2.29. The van der Waals surface area contributed by atoms with Gasteiger partial charge in [-0.05, 0) is 23.3 Å². The molecule has 1 heterocycles. The standard InChI is InChI=1S/C19H18ClN3O3/c1-22(11-14-7-3-5-9-16(14)20)18(25)15-8-4-2-6-13(15)12-23-17(24)10-21-19(23)26/h2-9H,10-12H2,1H3,(H,21,26). The molecule has 7 heteroatoms. The lowest BCUT2D eigenvalue weighted by Gasteiger charge is -2.21. The zero-order valence-corrected chi connectivity index (χ0v) is 15.0. The van der Waals surface area contributed by atoms with Crippen molar-refractivity contribution in [3.8, 4) is 0 Å². The molecular formula is C19H18ClN3O3. The number of hydrogen-bond acceptors (Lipinski definition) is 3. The van der Waals surface area contributed by atoms with Gasteiger partial charge in [-0.15, -0.1) is 0 Å². The Balaban J connectivity index is 1.80. The Bertz CT molecular complexity index is 853. The minimum Gasteiger partial charge on any atom is -0.337 e. The van der Waals surface area contributed by atoms with E-state index in [0.29, 0.717) is 22.7 Å². The highest BCUT2D eigenvalue weighted by Crippen LogP contribution is 2.20. The number of carbonyl (C=O) groups is 3. The largest absolute Gasteiger partial charge is 0.337 e. The molecule has 1 N–H and O–H groups in total. The van der Waals surface area contributed by atoms with Crippen molar-refractivity contribution in [1.82, 2.24) is 15.1 Å². The first-order valence-corrected chi connectivity index (χ1v) is 8.50. The maximum atomic E-state index is 12.9. The highest BCUT2D eigenvalue weighted by atomic mass is 35.5. The van der Waals surface area contributed by atoms with E-state index >= 15 is 0 Å². The molecule has 134 valence electrons. The van der Waals surface area contributed by atoms with E-state index in [1.807, 2.05) is 18.2 Å². The van der Waals surface area contributed by atoms with E-state index in [-0.39, 0.29) is 24.9 Å². The first-order chi connectivity index (χ1) is 12.5. The third kappa shape index (κ3) is 3.70. The molecule has 0 aromatic heterocycles. The Labute approximate surface area is 156 Å². The van der Waals surface area contributed by atoms with E-state index < -0.39 is 6.03 Å². The third-order valence-corrected chi connectivity index (χ3v) is 4.59. The number of nitrogens with one attached hydrogen (secondary N) is 1. The average Bonchev–Trinajstić information content (AvgIpc) is 2.95. The van der Waals surface area contributed by atoms with Crippen LogP contribution in [-0.4, -0.2) is 41.2 Å². The van der Waals surface area contributed by atoms with Crippen LogP contribution in [0.25, 0.3) is 0 Å². The summed E-state index contributed by atoms with van der Waals surface area (Å²) in [5.41, 5.74) is 1.92. The van der Waals surface area contributed by atoms with Crippen LogP contribution in [0, 0.1) is 0 Å². The number of amides is 4. The smallest absolute Gasteiger partial charge is 0.324 e. The monoisotopic (exact) mass is 371 g/mol. The van der Waals surface area contributed by atoms with Crippen molar-refractivity contribution in [2.75, 3.05) is 13.6 Å². The van der Waals surface area contributed by atoms with Crippen LogP contribution in [0.2, 0.25) is 5.02 Å². The lowest BCUT2D eigenvalue weighted by atomic mass is 10.1. The molecule has 0 bridgehead atoms. The second kappa shape index (κ2) is 7.58. The van der Waals surface area contributed by atoms with Crippen molar-refractivity contribution < 1.29 is 14.4 Å². The van der Waals surface area contributed by atoms with Gasteiger partial charge in [0, 0.05) is 24.2 Å². The number of hydrogen-bond donors (Lipinski definition) is 1. The van der Waals surface area contributed by atoms with E-state index in [9.17, 15) is 14.4 Å². The molecule has 3 rings (SSSR count). The minimum atomic E-state index is -0.443. The van der Waals surface area contributed by atoms with Gasteiger partial charge in [0.25, 0.3) is 5.91 Å². The second-order valence-corrected chi connectivity index (χ2v) is 6.46. The summed E-state index contributed by atoms with van der Waals surface area (Å²) in [5.74, 6) is -0.505. The summed E-state index contributed by atoms with van der Waals surface area (Å²) in [5, 5.41) is 3.07. The summed E-state index contributed by atoms with van der Waals surface area (Å²) in [6, 6.07) is 13.9. The molecule has 6 nitrogen and oxygen atoms in total. The maximum absolute atomic E-state index is 12.9. The van der Waals surface area contributed by atoms with Gasteiger partial charge in [0.05, 0.1) is 13.1 Å². The third-order valence-electron chi connectivity index (χ3n) is 4.23. The Morgan fingerprint density at radius 2 is 1.77 bits per heavy atom. The molecule has 1 saturated heterocycles. The molecule has 1 aliphatic heterocycles. The molecule has 26 heavy (non-hydrogen) atoms. The number of imide groups is 1. The van der Waals surface area contributed by atoms with Crippen LogP contribution in [0.5, 0.6) is 0 Å². The van der Waals surface area contributed by atoms with E-state index in [2.05, 4.69) is 5.32 Å². The zero-order chi connectivity index (χ0) is 18.7. The number of halogens is 1. The van der Waals surface area contributed by atoms with Crippen LogP contribution in [0.1, 0.15) is 21.5 Å². The Kier molecular flexibility index (Phi) is 5.23. The van der Waals surface area contributed by atoms with E-state index in [4.69, 9.17) is 11.6 Å². The molecule has 1 aliphatic rings. The predicted octanol–water partition coefficient (Wildman–Crippen LogP) is 2.66. The number of urea groups is 1. The first kappa shape index (κ1) is 17.9. The van der Waals surface area contributed by atoms with Crippen molar-refractivity contribution in [3.63, 3.8) is 0 Å². The molecular weight excluding hydrogens is 354 g/mol. The van der Waals surface area contributed by atoms with Crippen molar-refractivity contribution >= 4 is 29.4 Å². The normalized spacial score (nSPS) is 13.7. The first-order valence-electron chi connectivity index (χ1n) is 8.12. The Morgan fingerprint density at radius 3 is 2.42 bits per heavy atom. The molecule has 2 aromatic carbocycles. The van der Waals surface area contributed by atoms with Crippen LogP contribution in [0.3, 0.4) is 0 Å². The van der Waals surface area contributed by atoms with Crippen LogP contribution in [0.15, 0.2) is 48.5 Å². The second-order valence-electron chi connectivity index (χ2n) is 6.05. The predicted molar refractivity (Wildman–Crippen MR) is 97.6 cm³/mol. The minimum absolute atomic E-state index is 0.0125. The highest BCUT2D eigenvalue weighted by molar-refractivity contribution is 6.31. The van der Waals surface area contributed by atoms with Crippen LogP contribution in [-0.2, 0) is 17.9 Å². The Morgan fingerprint density at radius 1 is 1.12 bits per heavy atom. The van der Waals surface area contributed by atoms with Gasteiger partial charge in [0.2, 0.25) is 5.91 Å². The summed E-state index contributed by atoms with van der Waals surface area (Å²) in [6.45, 7) is 0.407. The fraction of sp³-hybridized carbons (Fsp3) is 0.211. The molecule has 0 atom stereocenters. The number of carbonyl (C=O) groups excluding carboxylic acids is 3. The quantitative estimate of drug-likeness (QED) is 0.821.